The maximum atomic E-state index is 13.8. The number of nitrogens with zero attached hydrogens (tertiary/aromatic N) is 1. The molecule has 2 rings (SSSR count). The van der Waals surface area contributed by atoms with E-state index in [9.17, 15) is 12.8 Å². The second-order valence-corrected chi connectivity index (χ2v) is 6.12. The van der Waals surface area contributed by atoms with E-state index in [0.717, 1.165) is 17.7 Å². The van der Waals surface area contributed by atoms with Crippen LogP contribution in [0.1, 0.15) is 11.1 Å². The van der Waals surface area contributed by atoms with Crippen LogP contribution in [-0.4, -0.2) is 13.4 Å². The minimum absolute atomic E-state index is 0.120. The average Bonchev–Trinajstić information content (AvgIpc) is 2.36. The zero-order valence-corrected chi connectivity index (χ0v) is 11.8. The molecule has 3 N–H and O–H groups in total. The average molecular weight is 295 g/mol. The largest absolute Gasteiger partial charge is 0.398 e. The van der Waals surface area contributed by atoms with E-state index >= 15 is 0 Å². The molecule has 7 heteroatoms. The van der Waals surface area contributed by atoms with Crippen molar-refractivity contribution < 1.29 is 12.8 Å². The lowest BCUT2D eigenvalue weighted by atomic mass is 10.2. The molecule has 0 bridgehead atoms. The van der Waals surface area contributed by atoms with Gasteiger partial charge in [0.1, 0.15) is 16.5 Å². The standard InChI is InChI=1S/C13H14FN3O2S/c1-8-3-4-13(16-7-8)17-20(18,19)12-6-11(15)9(2)5-10(12)14/h3-7H,15H2,1-2H3,(H,16,17). The van der Waals surface area contributed by atoms with Crippen LogP contribution in [0.15, 0.2) is 35.4 Å². The molecule has 5 nitrogen and oxygen atoms in total. The molecule has 0 aliphatic rings. The van der Waals surface area contributed by atoms with Crippen molar-refractivity contribution in [3.8, 4) is 0 Å². The first-order valence-corrected chi connectivity index (χ1v) is 7.29. The highest BCUT2D eigenvalue weighted by Crippen LogP contribution is 2.23. The minimum Gasteiger partial charge on any atom is -0.398 e. The molecule has 0 fully saturated rings. The molecule has 1 heterocycles. The molecule has 0 spiro atoms. The summed E-state index contributed by atoms with van der Waals surface area (Å²) in [6, 6.07) is 5.39. The number of hydrogen-bond acceptors (Lipinski definition) is 4. The molecule has 0 aliphatic heterocycles. The summed E-state index contributed by atoms with van der Waals surface area (Å²) in [7, 11) is -4.06. The highest BCUT2D eigenvalue weighted by molar-refractivity contribution is 7.92. The summed E-state index contributed by atoms with van der Waals surface area (Å²) in [5.74, 6) is -0.731. The Kier molecular flexibility index (Phi) is 3.63. The van der Waals surface area contributed by atoms with Gasteiger partial charge in [-0.2, -0.15) is 0 Å². The summed E-state index contributed by atoms with van der Waals surface area (Å²) in [6.07, 6.45) is 1.51. The number of aromatic nitrogens is 1. The van der Waals surface area contributed by atoms with Crippen molar-refractivity contribution in [1.29, 1.82) is 0 Å². The lowest BCUT2D eigenvalue weighted by Crippen LogP contribution is -2.16. The predicted molar refractivity (Wildman–Crippen MR) is 75.3 cm³/mol. The predicted octanol–water partition coefficient (Wildman–Crippen LogP) is 2.22. The van der Waals surface area contributed by atoms with Crippen molar-refractivity contribution >= 4 is 21.5 Å². The Morgan fingerprint density at radius 1 is 1.25 bits per heavy atom. The van der Waals surface area contributed by atoms with E-state index < -0.39 is 20.7 Å². The zero-order valence-electron chi connectivity index (χ0n) is 11.0. The fraction of sp³-hybridized carbons (Fsp3) is 0.154. The van der Waals surface area contributed by atoms with Crippen molar-refractivity contribution in [2.24, 2.45) is 0 Å². The van der Waals surface area contributed by atoms with Gasteiger partial charge in [0.2, 0.25) is 0 Å². The van der Waals surface area contributed by atoms with E-state index in [1.165, 1.54) is 12.3 Å². The number of benzene rings is 1. The summed E-state index contributed by atoms with van der Waals surface area (Å²) in [6.45, 7) is 3.43. The smallest absolute Gasteiger partial charge is 0.266 e. The van der Waals surface area contributed by atoms with E-state index in [2.05, 4.69) is 9.71 Å². The van der Waals surface area contributed by atoms with Crippen molar-refractivity contribution in [2.45, 2.75) is 18.7 Å². The lowest BCUT2D eigenvalue weighted by Gasteiger charge is -2.10. The Morgan fingerprint density at radius 2 is 1.95 bits per heavy atom. The third-order valence-corrected chi connectivity index (χ3v) is 4.13. The van der Waals surface area contributed by atoms with Gasteiger partial charge in [0, 0.05) is 11.9 Å². The van der Waals surface area contributed by atoms with Gasteiger partial charge in [-0.15, -0.1) is 0 Å². The highest BCUT2D eigenvalue weighted by Gasteiger charge is 2.21. The maximum absolute atomic E-state index is 13.8. The van der Waals surface area contributed by atoms with Crippen LogP contribution in [0.4, 0.5) is 15.9 Å². The van der Waals surface area contributed by atoms with Crippen molar-refractivity contribution in [3.05, 3.63) is 47.4 Å². The summed E-state index contributed by atoms with van der Waals surface area (Å²) in [4.78, 5) is 3.42. The Balaban J connectivity index is 2.40. The van der Waals surface area contributed by atoms with Gasteiger partial charge < -0.3 is 5.73 Å². The van der Waals surface area contributed by atoms with Crippen molar-refractivity contribution in [3.63, 3.8) is 0 Å². The molecule has 1 aromatic heterocycles. The molecule has 0 aliphatic carbocycles. The van der Waals surface area contributed by atoms with Gasteiger partial charge in [0.15, 0.2) is 0 Å². The molecule has 0 unspecified atom stereocenters. The molecule has 0 atom stereocenters. The number of anilines is 2. The molecule has 0 radical (unpaired) electrons. The number of rotatable bonds is 3. The Bertz CT molecular complexity index is 743. The van der Waals surface area contributed by atoms with Gasteiger partial charge in [0.25, 0.3) is 10.0 Å². The lowest BCUT2D eigenvalue weighted by molar-refractivity contribution is 0.570. The van der Waals surface area contributed by atoms with Crippen LogP contribution in [0.2, 0.25) is 0 Å². The summed E-state index contributed by atoms with van der Waals surface area (Å²) in [5, 5.41) is 0. The number of nitrogen functional groups attached to an aromatic ring is 1. The van der Waals surface area contributed by atoms with Gasteiger partial charge in [-0.1, -0.05) is 6.07 Å². The zero-order chi connectivity index (χ0) is 14.9. The fourth-order valence-corrected chi connectivity index (χ4v) is 2.70. The minimum atomic E-state index is -4.06. The number of sulfonamides is 1. The highest BCUT2D eigenvalue weighted by atomic mass is 32.2. The normalized spacial score (nSPS) is 11.3. The van der Waals surface area contributed by atoms with Gasteiger partial charge in [0.05, 0.1) is 0 Å². The number of nitrogens with two attached hydrogens (primary N) is 1. The number of nitrogens with one attached hydrogen (secondary N) is 1. The van der Waals surface area contributed by atoms with E-state index in [0.29, 0.717) is 5.56 Å². The van der Waals surface area contributed by atoms with Crippen LogP contribution >= 0.6 is 0 Å². The van der Waals surface area contributed by atoms with Crippen molar-refractivity contribution in [2.75, 3.05) is 10.5 Å². The monoisotopic (exact) mass is 295 g/mol. The third-order valence-electron chi connectivity index (χ3n) is 2.76. The Hall–Kier alpha value is -2.15. The molecule has 0 amide bonds. The molecule has 2 aromatic rings. The summed E-state index contributed by atoms with van der Waals surface area (Å²) < 4.78 is 40.3. The third kappa shape index (κ3) is 2.88. The topological polar surface area (TPSA) is 85.1 Å². The molecule has 0 saturated carbocycles. The van der Waals surface area contributed by atoms with Crippen LogP contribution in [-0.2, 0) is 10.0 Å². The molecular formula is C13H14FN3O2S. The SMILES string of the molecule is Cc1ccc(NS(=O)(=O)c2cc(N)c(C)cc2F)nc1. The number of pyridine rings is 1. The maximum Gasteiger partial charge on any atom is 0.266 e. The van der Waals surface area contributed by atoms with Gasteiger partial charge in [-0.3, -0.25) is 4.72 Å². The van der Waals surface area contributed by atoms with Crippen molar-refractivity contribution in [1.82, 2.24) is 4.98 Å². The quantitative estimate of drug-likeness (QED) is 0.850. The first kappa shape index (κ1) is 14.3. The Morgan fingerprint density at radius 3 is 2.55 bits per heavy atom. The molecule has 1 aromatic carbocycles. The fourth-order valence-electron chi connectivity index (χ4n) is 1.60. The molecule has 106 valence electrons. The molecule has 20 heavy (non-hydrogen) atoms. The second-order valence-electron chi connectivity index (χ2n) is 4.47. The van der Waals surface area contributed by atoms with E-state index in [1.807, 2.05) is 6.92 Å². The van der Waals surface area contributed by atoms with Crippen LogP contribution in [0.3, 0.4) is 0 Å². The van der Waals surface area contributed by atoms with Gasteiger partial charge in [-0.05, 0) is 43.2 Å². The number of aryl methyl sites for hydroxylation is 2. The Labute approximate surface area is 116 Å². The number of halogens is 1. The van der Waals surface area contributed by atoms with Crippen LogP contribution in [0.25, 0.3) is 0 Å². The first-order chi connectivity index (χ1) is 9.29. The first-order valence-electron chi connectivity index (χ1n) is 5.81. The summed E-state index contributed by atoms with van der Waals surface area (Å²) in [5.41, 5.74) is 7.21. The van der Waals surface area contributed by atoms with E-state index in [4.69, 9.17) is 5.73 Å². The van der Waals surface area contributed by atoms with Crippen LogP contribution < -0.4 is 10.5 Å². The van der Waals surface area contributed by atoms with Crippen LogP contribution in [0, 0.1) is 19.7 Å². The number of hydrogen-bond donors (Lipinski definition) is 2. The molecular weight excluding hydrogens is 281 g/mol. The molecule has 0 saturated heterocycles. The second kappa shape index (κ2) is 5.09. The van der Waals surface area contributed by atoms with E-state index in [1.54, 1.807) is 13.0 Å². The van der Waals surface area contributed by atoms with Gasteiger partial charge in [-0.25, -0.2) is 17.8 Å². The summed E-state index contributed by atoms with van der Waals surface area (Å²) >= 11 is 0. The van der Waals surface area contributed by atoms with E-state index in [-0.39, 0.29) is 11.5 Å². The van der Waals surface area contributed by atoms with Gasteiger partial charge >= 0.3 is 0 Å². The van der Waals surface area contributed by atoms with Crippen LogP contribution in [0.5, 0.6) is 0 Å².